The van der Waals surface area contributed by atoms with Gasteiger partial charge in [0.05, 0.1) is 21.2 Å². The van der Waals surface area contributed by atoms with Gasteiger partial charge in [-0.1, -0.05) is 29.8 Å². The van der Waals surface area contributed by atoms with E-state index >= 15 is 0 Å². The average molecular weight is 470 g/mol. The van der Waals surface area contributed by atoms with Crippen molar-refractivity contribution >= 4 is 38.9 Å². The quantitative estimate of drug-likeness (QED) is 0.525. The minimum atomic E-state index is -3.74. The van der Waals surface area contributed by atoms with Crippen LogP contribution in [0, 0.1) is 11.3 Å². The molecule has 3 aromatic carbocycles. The number of halogens is 1. The van der Waals surface area contributed by atoms with Crippen molar-refractivity contribution in [3.05, 3.63) is 83.4 Å². The maximum atomic E-state index is 13.0. The molecule has 0 saturated carbocycles. The number of para-hydroxylation sites is 1. The highest BCUT2D eigenvalue weighted by molar-refractivity contribution is 7.92. The predicted molar refractivity (Wildman–Crippen MR) is 123 cm³/mol. The van der Waals surface area contributed by atoms with Crippen LogP contribution in [-0.4, -0.2) is 27.5 Å². The second-order valence-electron chi connectivity index (χ2n) is 6.62. The van der Waals surface area contributed by atoms with Gasteiger partial charge in [0.25, 0.3) is 15.9 Å². The van der Waals surface area contributed by atoms with Crippen LogP contribution in [0.3, 0.4) is 0 Å². The van der Waals surface area contributed by atoms with E-state index in [9.17, 15) is 13.2 Å². The van der Waals surface area contributed by atoms with E-state index in [1.807, 2.05) is 12.1 Å². The van der Waals surface area contributed by atoms with Crippen LogP contribution in [-0.2, 0) is 14.8 Å². The molecule has 3 aromatic rings. The van der Waals surface area contributed by atoms with Crippen LogP contribution < -0.4 is 14.4 Å². The molecule has 9 heteroatoms. The Bertz CT molecular complexity index is 1240. The van der Waals surface area contributed by atoms with Crippen molar-refractivity contribution in [1.82, 2.24) is 0 Å². The number of anilines is 2. The number of nitrogens with one attached hydrogen (secondary N) is 1. The molecule has 0 aromatic heterocycles. The van der Waals surface area contributed by atoms with Gasteiger partial charge in [0, 0.05) is 12.2 Å². The van der Waals surface area contributed by atoms with E-state index in [1.54, 1.807) is 37.3 Å². The zero-order valence-electron chi connectivity index (χ0n) is 17.2. The summed E-state index contributed by atoms with van der Waals surface area (Å²) in [6.07, 6.45) is 0. The highest BCUT2D eigenvalue weighted by Crippen LogP contribution is 2.25. The zero-order chi connectivity index (χ0) is 23.1. The number of rotatable bonds is 8. The summed E-state index contributed by atoms with van der Waals surface area (Å²) in [7, 11) is -3.74. The van der Waals surface area contributed by atoms with Gasteiger partial charge in [-0.3, -0.25) is 9.10 Å². The van der Waals surface area contributed by atoms with Crippen LogP contribution in [0.15, 0.2) is 77.7 Å². The molecule has 0 heterocycles. The van der Waals surface area contributed by atoms with Crippen molar-refractivity contribution in [1.29, 1.82) is 5.26 Å². The van der Waals surface area contributed by atoms with Crippen molar-refractivity contribution < 1.29 is 17.9 Å². The number of hydrogen-bond donors (Lipinski definition) is 1. The third kappa shape index (κ3) is 5.38. The van der Waals surface area contributed by atoms with E-state index in [-0.39, 0.29) is 23.1 Å². The second-order valence-corrected chi connectivity index (χ2v) is 8.89. The maximum absolute atomic E-state index is 13.0. The Morgan fingerprint density at radius 2 is 1.78 bits per heavy atom. The molecular weight excluding hydrogens is 450 g/mol. The number of amides is 1. The molecule has 0 fully saturated rings. The summed E-state index contributed by atoms with van der Waals surface area (Å²) < 4.78 is 32.8. The summed E-state index contributed by atoms with van der Waals surface area (Å²) in [6.45, 7) is 1.76. The predicted octanol–water partition coefficient (Wildman–Crippen LogP) is 4.44. The number of hydrogen-bond acceptors (Lipinski definition) is 5. The first-order valence-electron chi connectivity index (χ1n) is 9.65. The van der Waals surface area contributed by atoms with Gasteiger partial charge < -0.3 is 10.1 Å². The molecule has 0 aliphatic carbocycles. The monoisotopic (exact) mass is 469 g/mol. The summed E-state index contributed by atoms with van der Waals surface area (Å²) in [5, 5.41) is 11.7. The number of benzene rings is 3. The largest absolute Gasteiger partial charge is 0.484 e. The number of sulfonamides is 1. The Labute approximate surface area is 191 Å². The molecule has 32 heavy (non-hydrogen) atoms. The lowest BCUT2D eigenvalue weighted by Gasteiger charge is -2.23. The first-order valence-corrected chi connectivity index (χ1v) is 11.5. The standard InChI is InChI=1S/C23H20ClN3O4S/c1-2-27(19-6-4-3-5-7-19)32(29,30)21-12-10-20(11-13-21)31-16-23(28)26-18-9-8-17(15-25)22(24)14-18/h3-14H,2,16H2,1H3,(H,26,28). The van der Waals surface area contributed by atoms with Crippen molar-refractivity contribution in [3.8, 4) is 11.8 Å². The molecule has 0 atom stereocenters. The first-order chi connectivity index (χ1) is 15.3. The minimum absolute atomic E-state index is 0.118. The molecule has 0 saturated heterocycles. The van der Waals surface area contributed by atoms with Gasteiger partial charge in [0.15, 0.2) is 6.61 Å². The van der Waals surface area contributed by atoms with Crippen LogP contribution in [0.1, 0.15) is 12.5 Å². The SMILES string of the molecule is CCN(c1ccccc1)S(=O)(=O)c1ccc(OCC(=O)Nc2ccc(C#N)c(Cl)c2)cc1. The van der Waals surface area contributed by atoms with Crippen LogP contribution in [0.5, 0.6) is 5.75 Å². The third-order valence-electron chi connectivity index (χ3n) is 4.49. The van der Waals surface area contributed by atoms with Crippen molar-refractivity contribution in [3.63, 3.8) is 0 Å². The van der Waals surface area contributed by atoms with Crippen LogP contribution in [0.2, 0.25) is 5.02 Å². The zero-order valence-corrected chi connectivity index (χ0v) is 18.7. The van der Waals surface area contributed by atoms with Crippen molar-refractivity contribution in [2.75, 3.05) is 22.8 Å². The average Bonchev–Trinajstić information content (AvgIpc) is 2.79. The Morgan fingerprint density at radius 3 is 2.38 bits per heavy atom. The molecule has 1 N–H and O–H groups in total. The lowest BCUT2D eigenvalue weighted by Crippen LogP contribution is -2.30. The Balaban J connectivity index is 1.63. The van der Waals surface area contributed by atoms with Gasteiger partial charge in [-0.2, -0.15) is 5.26 Å². The lowest BCUT2D eigenvalue weighted by atomic mass is 10.2. The molecule has 0 aliphatic rings. The maximum Gasteiger partial charge on any atom is 0.264 e. The fourth-order valence-electron chi connectivity index (χ4n) is 2.95. The fraction of sp³-hybridized carbons (Fsp3) is 0.130. The van der Waals surface area contributed by atoms with E-state index in [1.165, 1.54) is 40.7 Å². The molecular formula is C23H20ClN3O4S. The first kappa shape index (κ1) is 23.1. The smallest absolute Gasteiger partial charge is 0.264 e. The van der Waals surface area contributed by atoms with E-state index in [2.05, 4.69) is 5.32 Å². The summed E-state index contributed by atoms with van der Waals surface area (Å²) in [5.41, 5.74) is 1.32. The summed E-state index contributed by atoms with van der Waals surface area (Å²) in [6, 6.07) is 21.2. The van der Waals surface area contributed by atoms with Gasteiger partial charge in [0.2, 0.25) is 0 Å². The van der Waals surface area contributed by atoms with Crippen LogP contribution in [0.25, 0.3) is 0 Å². The topological polar surface area (TPSA) is 99.5 Å². The number of ether oxygens (including phenoxy) is 1. The van der Waals surface area contributed by atoms with Crippen LogP contribution in [0.4, 0.5) is 11.4 Å². The highest BCUT2D eigenvalue weighted by atomic mass is 35.5. The fourth-order valence-corrected chi connectivity index (χ4v) is 4.65. The molecule has 1 amide bonds. The van der Waals surface area contributed by atoms with Gasteiger partial charge in [-0.25, -0.2) is 8.42 Å². The van der Waals surface area contributed by atoms with Crippen LogP contribution >= 0.6 is 11.6 Å². The van der Waals surface area contributed by atoms with Gasteiger partial charge in [-0.15, -0.1) is 0 Å². The van der Waals surface area contributed by atoms with Gasteiger partial charge in [-0.05, 0) is 61.5 Å². The second kappa shape index (κ2) is 10.2. The Kier molecular flexibility index (Phi) is 7.36. The van der Waals surface area contributed by atoms with Gasteiger partial charge >= 0.3 is 0 Å². The molecule has 0 bridgehead atoms. The van der Waals surface area contributed by atoms with E-state index < -0.39 is 15.9 Å². The summed E-state index contributed by atoms with van der Waals surface area (Å²) in [5.74, 6) is -0.0802. The van der Waals surface area contributed by atoms with E-state index in [0.29, 0.717) is 22.7 Å². The molecule has 0 radical (unpaired) electrons. The molecule has 7 nitrogen and oxygen atoms in total. The molecule has 0 unspecified atom stereocenters. The Hall–Kier alpha value is -3.54. The number of nitriles is 1. The summed E-state index contributed by atoms with van der Waals surface area (Å²) in [4.78, 5) is 12.2. The van der Waals surface area contributed by atoms with E-state index in [4.69, 9.17) is 21.6 Å². The number of carbonyl (C=O) groups is 1. The Morgan fingerprint density at radius 1 is 1.09 bits per heavy atom. The lowest BCUT2D eigenvalue weighted by molar-refractivity contribution is -0.118. The van der Waals surface area contributed by atoms with Crippen molar-refractivity contribution in [2.45, 2.75) is 11.8 Å². The molecule has 3 rings (SSSR count). The molecule has 164 valence electrons. The highest BCUT2D eigenvalue weighted by Gasteiger charge is 2.23. The van der Waals surface area contributed by atoms with Gasteiger partial charge in [0.1, 0.15) is 11.8 Å². The normalized spacial score (nSPS) is 10.8. The third-order valence-corrected chi connectivity index (χ3v) is 6.72. The summed E-state index contributed by atoms with van der Waals surface area (Å²) >= 11 is 5.95. The minimum Gasteiger partial charge on any atom is -0.484 e. The number of carbonyl (C=O) groups excluding carboxylic acids is 1. The van der Waals surface area contributed by atoms with E-state index in [0.717, 1.165) is 0 Å². The molecule has 0 spiro atoms. The number of nitrogens with zero attached hydrogens (tertiary/aromatic N) is 2. The van der Waals surface area contributed by atoms with Crippen molar-refractivity contribution in [2.24, 2.45) is 0 Å². The molecule has 0 aliphatic heterocycles.